The Bertz CT molecular complexity index is 1700. The minimum atomic E-state index is -4.54. The van der Waals surface area contributed by atoms with Crippen molar-refractivity contribution in [2.24, 2.45) is 11.3 Å². The molecular weight excluding hydrogens is 625 g/mol. The average Bonchev–Trinajstić information content (AvgIpc) is 3.83. The summed E-state index contributed by atoms with van der Waals surface area (Å²) in [6, 6.07) is 11.4. The molecule has 1 spiro atoms. The van der Waals surface area contributed by atoms with E-state index in [4.69, 9.17) is 4.74 Å². The van der Waals surface area contributed by atoms with Gasteiger partial charge in [-0.3, -0.25) is 9.59 Å². The lowest BCUT2D eigenvalue weighted by atomic mass is 9.73. The Kier molecular flexibility index (Phi) is 8.59. The van der Waals surface area contributed by atoms with Crippen LogP contribution in [0.2, 0.25) is 0 Å². The molecule has 3 amide bonds. The molecule has 1 aliphatic carbocycles. The molecule has 0 bridgehead atoms. The van der Waals surface area contributed by atoms with Crippen molar-refractivity contribution >= 4 is 23.9 Å². The average molecular weight is 665 g/mol. The van der Waals surface area contributed by atoms with Crippen LogP contribution in [0.5, 0.6) is 0 Å². The summed E-state index contributed by atoms with van der Waals surface area (Å²) in [5.41, 5.74) is 0.820. The number of hydrogen-bond acceptors (Lipinski definition) is 7. The first-order valence-electron chi connectivity index (χ1n) is 16.0. The van der Waals surface area contributed by atoms with E-state index in [0.717, 1.165) is 56.7 Å². The molecule has 2 N–H and O–H groups in total. The summed E-state index contributed by atoms with van der Waals surface area (Å²) in [6.07, 6.45) is -1.67. The van der Waals surface area contributed by atoms with E-state index in [1.165, 1.54) is 6.07 Å². The number of nitrogens with zero attached hydrogens (tertiary/aromatic N) is 4. The molecular formula is C35H39F3N6O4. The highest BCUT2D eigenvalue weighted by molar-refractivity contribution is 5.92. The maximum absolute atomic E-state index is 13.6. The second-order valence-electron chi connectivity index (χ2n) is 14.1. The molecule has 2 saturated heterocycles. The second-order valence-corrected chi connectivity index (χ2v) is 14.1. The van der Waals surface area contributed by atoms with Gasteiger partial charge >= 0.3 is 12.3 Å². The Balaban J connectivity index is 1.08. The third-order valence-corrected chi connectivity index (χ3v) is 8.83. The number of likely N-dealkylation sites (tertiary alicyclic amines) is 1. The lowest BCUT2D eigenvalue weighted by Gasteiger charge is -2.60. The molecule has 254 valence electrons. The number of hydrogen-bond donors (Lipinski definition) is 2. The van der Waals surface area contributed by atoms with Gasteiger partial charge in [0.05, 0.1) is 11.6 Å². The Labute approximate surface area is 277 Å². The molecule has 0 radical (unpaired) electrons. The van der Waals surface area contributed by atoms with Crippen LogP contribution in [-0.2, 0) is 22.3 Å². The summed E-state index contributed by atoms with van der Waals surface area (Å²) in [5, 5.41) is 5.55. The van der Waals surface area contributed by atoms with Crippen LogP contribution in [-0.4, -0.2) is 64.6 Å². The Morgan fingerprint density at radius 1 is 1.00 bits per heavy atom. The number of ether oxygens (including phenoxy) is 1. The van der Waals surface area contributed by atoms with E-state index in [9.17, 15) is 27.6 Å². The van der Waals surface area contributed by atoms with Crippen LogP contribution < -0.4 is 15.5 Å². The summed E-state index contributed by atoms with van der Waals surface area (Å²) in [4.78, 5) is 50.5. The van der Waals surface area contributed by atoms with E-state index >= 15 is 0 Å². The molecule has 3 aromatic rings. The number of benzene rings is 2. The normalized spacial score (nSPS) is 17.6. The maximum Gasteiger partial charge on any atom is 0.416 e. The van der Waals surface area contributed by atoms with Crippen molar-refractivity contribution in [3.63, 3.8) is 0 Å². The van der Waals surface area contributed by atoms with Crippen LogP contribution in [0.25, 0.3) is 11.1 Å². The molecule has 48 heavy (non-hydrogen) atoms. The predicted molar refractivity (Wildman–Crippen MR) is 172 cm³/mol. The zero-order chi connectivity index (χ0) is 34.4. The number of nitrogens with one attached hydrogen (secondary N) is 2. The number of aromatic nitrogens is 2. The van der Waals surface area contributed by atoms with E-state index in [1.54, 1.807) is 64.2 Å². The van der Waals surface area contributed by atoms with Gasteiger partial charge in [-0.15, -0.1) is 0 Å². The van der Waals surface area contributed by atoms with Crippen molar-refractivity contribution in [3.05, 3.63) is 77.1 Å². The standard InChI is InChI=1S/C35H39F3N6O4/c1-21(41-29(45)28-13-14-39-31(42-28)44-19-34(20-44)17-43(18-34)30(46)24-9-10-24)22-5-7-23(8-6-22)27-15-26(35(36,37)38)12-11-25(27)16-40-32(47)48-33(2,3)4/h5-8,11-15,21,24H,9-10,16-20H2,1-4H3,(H,40,47)(H,41,45)/t21-/m1/s1. The van der Waals surface area contributed by atoms with Crippen LogP contribution in [0.15, 0.2) is 54.7 Å². The molecule has 1 atom stereocenters. The number of carbonyl (C=O) groups excluding carboxylic acids is 3. The number of alkyl carbamates (subject to hydrolysis) is 1. The minimum Gasteiger partial charge on any atom is -0.444 e. The third-order valence-electron chi connectivity index (χ3n) is 8.83. The molecule has 1 aromatic heterocycles. The molecule has 2 aliphatic heterocycles. The third kappa shape index (κ3) is 7.39. The molecule has 3 heterocycles. The van der Waals surface area contributed by atoms with E-state index in [-0.39, 0.29) is 35.4 Å². The lowest BCUT2D eigenvalue weighted by Crippen LogP contribution is -2.73. The van der Waals surface area contributed by atoms with Gasteiger partial charge in [-0.1, -0.05) is 30.3 Å². The second kappa shape index (κ2) is 12.4. The minimum absolute atomic E-state index is 0.0333. The maximum atomic E-state index is 13.6. The van der Waals surface area contributed by atoms with Gasteiger partial charge in [-0.25, -0.2) is 14.8 Å². The number of amides is 3. The fourth-order valence-corrected chi connectivity index (χ4v) is 6.20. The first-order chi connectivity index (χ1) is 22.6. The van der Waals surface area contributed by atoms with Crippen molar-refractivity contribution in [1.82, 2.24) is 25.5 Å². The fraction of sp³-hybridized carbons (Fsp3) is 0.457. The van der Waals surface area contributed by atoms with E-state index in [2.05, 4.69) is 20.6 Å². The molecule has 1 saturated carbocycles. The van der Waals surface area contributed by atoms with Crippen molar-refractivity contribution in [2.45, 2.75) is 64.9 Å². The predicted octanol–water partition coefficient (Wildman–Crippen LogP) is 5.74. The molecule has 3 aliphatic rings. The largest absolute Gasteiger partial charge is 0.444 e. The van der Waals surface area contributed by atoms with Crippen molar-refractivity contribution in [2.75, 3.05) is 31.1 Å². The first-order valence-corrected chi connectivity index (χ1v) is 16.0. The zero-order valence-electron chi connectivity index (χ0n) is 27.4. The summed E-state index contributed by atoms with van der Waals surface area (Å²) in [6.45, 7) is 9.92. The number of halogens is 3. The SMILES string of the molecule is C[C@@H](NC(=O)c1ccnc(N2CC3(CN(C(=O)C4CC4)C3)C2)n1)c1ccc(-c2cc(C(F)(F)F)ccc2CNC(=O)OC(C)(C)C)cc1. The van der Waals surface area contributed by atoms with Gasteiger partial charge in [0.2, 0.25) is 11.9 Å². The first kappa shape index (κ1) is 33.2. The van der Waals surface area contributed by atoms with Gasteiger partial charge in [0.25, 0.3) is 5.91 Å². The van der Waals surface area contributed by atoms with Crippen molar-refractivity contribution in [3.8, 4) is 11.1 Å². The topological polar surface area (TPSA) is 117 Å². The highest BCUT2D eigenvalue weighted by Crippen LogP contribution is 2.43. The molecule has 10 nitrogen and oxygen atoms in total. The monoisotopic (exact) mass is 664 g/mol. The Morgan fingerprint density at radius 3 is 2.31 bits per heavy atom. The fourth-order valence-electron chi connectivity index (χ4n) is 6.20. The van der Waals surface area contributed by atoms with Gasteiger partial charge < -0.3 is 25.2 Å². The quantitative estimate of drug-likeness (QED) is 0.316. The van der Waals surface area contributed by atoms with Gasteiger partial charge in [0.1, 0.15) is 11.3 Å². The van der Waals surface area contributed by atoms with Crippen LogP contribution in [0.4, 0.5) is 23.9 Å². The van der Waals surface area contributed by atoms with Crippen LogP contribution in [0.3, 0.4) is 0 Å². The molecule has 13 heteroatoms. The van der Waals surface area contributed by atoms with Gasteiger partial charge in [0.15, 0.2) is 0 Å². The van der Waals surface area contributed by atoms with Crippen LogP contribution in [0, 0.1) is 11.3 Å². The summed E-state index contributed by atoms with van der Waals surface area (Å²) < 4.78 is 46.1. The summed E-state index contributed by atoms with van der Waals surface area (Å²) in [5.74, 6) is 0.574. The van der Waals surface area contributed by atoms with E-state index in [1.807, 2.05) is 9.80 Å². The molecule has 3 fully saturated rings. The number of rotatable bonds is 8. The Hall–Kier alpha value is -4.68. The number of alkyl halides is 3. The highest BCUT2D eigenvalue weighted by Gasteiger charge is 2.55. The van der Waals surface area contributed by atoms with Crippen molar-refractivity contribution < 1.29 is 32.3 Å². The molecule has 6 rings (SSSR count). The van der Waals surface area contributed by atoms with Gasteiger partial charge in [-0.2, -0.15) is 13.2 Å². The molecule has 2 aromatic carbocycles. The summed E-state index contributed by atoms with van der Waals surface area (Å²) in [7, 11) is 0. The van der Waals surface area contributed by atoms with Gasteiger partial charge in [-0.05, 0) is 81.0 Å². The Morgan fingerprint density at radius 2 is 1.69 bits per heavy atom. The smallest absolute Gasteiger partial charge is 0.416 e. The molecule has 0 unspecified atom stereocenters. The van der Waals surface area contributed by atoms with Crippen molar-refractivity contribution in [1.29, 1.82) is 0 Å². The highest BCUT2D eigenvalue weighted by atomic mass is 19.4. The zero-order valence-corrected chi connectivity index (χ0v) is 27.4. The van der Waals surface area contributed by atoms with E-state index in [0.29, 0.717) is 22.6 Å². The lowest BCUT2D eigenvalue weighted by molar-refractivity contribution is -0.146. The van der Waals surface area contributed by atoms with Gasteiger partial charge in [0, 0.05) is 50.3 Å². The number of carbonyl (C=O) groups is 3. The van der Waals surface area contributed by atoms with Crippen LogP contribution >= 0.6 is 0 Å². The van der Waals surface area contributed by atoms with Crippen LogP contribution in [0.1, 0.15) is 73.8 Å². The van der Waals surface area contributed by atoms with E-state index < -0.39 is 29.5 Å². The number of anilines is 1. The summed E-state index contributed by atoms with van der Waals surface area (Å²) >= 11 is 0.